The molecule has 0 unspecified atom stereocenters. The number of nitrogens with zero attached hydrogens (tertiary/aromatic N) is 2. The Bertz CT molecular complexity index is 1530. The Kier molecular flexibility index (Phi) is 9.95. The van der Waals surface area contributed by atoms with Crippen LogP contribution in [0.3, 0.4) is 0 Å². The zero-order valence-corrected chi connectivity index (χ0v) is 25.1. The molecule has 0 spiro atoms. The van der Waals surface area contributed by atoms with Crippen molar-refractivity contribution in [2.75, 3.05) is 30.6 Å². The molecule has 1 heterocycles. The molecule has 0 fully saturated rings. The number of carbonyl (C=O) groups is 2. The van der Waals surface area contributed by atoms with Gasteiger partial charge in [0.2, 0.25) is 11.8 Å². The number of fused-ring (bicyclic) bond motifs is 1. The lowest BCUT2D eigenvalue weighted by atomic mass is 10.1. The maximum atomic E-state index is 14.0. The molecule has 0 bridgehead atoms. The van der Waals surface area contributed by atoms with Gasteiger partial charge in [0.25, 0.3) is 10.0 Å². The zero-order chi connectivity index (χ0) is 30.4. The summed E-state index contributed by atoms with van der Waals surface area (Å²) in [7, 11) is -4.38. The van der Waals surface area contributed by atoms with Gasteiger partial charge in [0.05, 0.1) is 10.6 Å². The van der Waals surface area contributed by atoms with E-state index in [0.717, 1.165) is 16.4 Å². The van der Waals surface area contributed by atoms with Crippen molar-refractivity contribution < 1.29 is 31.9 Å². The fourth-order valence-electron chi connectivity index (χ4n) is 4.29. The van der Waals surface area contributed by atoms with E-state index in [1.54, 1.807) is 31.2 Å². The Morgan fingerprint density at radius 1 is 0.976 bits per heavy atom. The molecule has 1 atom stereocenters. The monoisotopic (exact) mass is 617 g/mol. The molecule has 9 nitrogen and oxygen atoms in total. The molecule has 0 radical (unpaired) electrons. The highest BCUT2D eigenvalue weighted by molar-refractivity contribution is 7.92. The van der Waals surface area contributed by atoms with Crippen molar-refractivity contribution in [1.82, 2.24) is 10.2 Å². The molecule has 2 amide bonds. The number of ether oxygens (including phenoxy) is 2. The summed E-state index contributed by atoms with van der Waals surface area (Å²) in [6, 6.07) is 14.9. The smallest absolute Gasteiger partial charge is 0.264 e. The molecule has 0 aromatic heterocycles. The first kappa shape index (κ1) is 31.1. The summed E-state index contributed by atoms with van der Waals surface area (Å²) in [4.78, 5) is 28.2. The summed E-state index contributed by atoms with van der Waals surface area (Å²) in [5.41, 5.74) is 0.647. The standard InChI is InChI=1S/C30H33ClFN3O6S/c1-20(2)17-33-30(37)21(3)34(18-22-6-4-5-7-26(22)31)29(36)19-35(24-10-8-23(32)9-11-24)42(38,39)25-12-13-27-28(16-25)41-15-14-40-27/h4-13,16,20-21H,14-15,17-19H2,1-3H3,(H,33,37)/t21-/m1/s1. The number of carbonyl (C=O) groups excluding carboxylic acids is 2. The summed E-state index contributed by atoms with van der Waals surface area (Å²) in [6.45, 7) is 5.73. The second-order valence-electron chi connectivity index (χ2n) is 10.2. The van der Waals surface area contributed by atoms with E-state index in [4.69, 9.17) is 21.1 Å². The Labute approximate surface area is 250 Å². The van der Waals surface area contributed by atoms with E-state index >= 15 is 0 Å². The third-order valence-electron chi connectivity index (χ3n) is 6.65. The topological polar surface area (TPSA) is 105 Å². The van der Waals surface area contributed by atoms with Crippen LogP contribution >= 0.6 is 11.6 Å². The third-order valence-corrected chi connectivity index (χ3v) is 8.78. The maximum Gasteiger partial charge on any atom is 0.264 e. The third kappa shape index (κ3) is 7.32. The Morgan fingerprint density at radius 2 is 1.64 bits per heavy atom. The minimum absolute atomic E-state index is 0.0455. The van der Waals surface area contributed by atoms with Crippen LogP contribution in [-0.2, 0) is 26.2 Å². The lowest BCUT2D eigenvalue weighted by Gasteiger charge is -2.32. The normalized spacial score (nSPS) is 13.4. The van der Waals surface area contributed by atoms with E-state index in [1.807, 2.05) is 13.8 Å². The highest BCUT2D eigenvalue weighted by Gasteiger charge is 2.33. The maximum absolute atomic E-state index is 14.0. The zero-order valence-electron chi connectivity index (χ0n) is 23.5. The summed E-state index contributed by atoms with van der Waals surface area (Å²) < 4.78 is 53.8. The van der Waals surface area contributed by atoms with E-state index in [9.17, 15) is 22.4 Å². The molecule has 1 N–H and O–H groups in total. The van der Waals surface area contributed by atoms with Crippen LogP contribution in [-0.4, -0.2) is 57.5 Å². The molecule has 42 heavy (non-hydrogen) atoms. The Balaban J connectivity index is 1.71. The van der Waals surface area contributed by atoms with Crippen molar-refractivity contribution >= 4 is 39.1 Å². The van der Waals surface area contributed by atoms with Crippen LogP contribution in [0.2, 0.25) is 5.02 Å². The van der Waals surface area contributed by atoms with Gasteiger partial charge in [-0.2, -0.15) is 0 Å². The molecule has 224 valence electrons. The lowest BCUT2D eigenvalue weighted by Crippen LogP contribution is -2.51. The second kappa shape index (κ2) is 13.4. The van der Waals surface area contributed by atoms with Crippen LogP contribution in [0.15, 0.2) is 71.6 Å². The number of hydrogen-bond donors (Lipinski definition) is 1. The van der Waals surface area contributed by atoms with Gasteiger partial charge in [-0.3, -0.25) is 13.9 Å². The number of anilines is 1. The second-order valence-corrected chi connectivity index (χ2v) is 12.5. The van der Waals surface area contributed by atoms with Crippen molar-refractivity contribution in [3.05, 3.63) is 83.1 Å². The Hall–Kier alpha value is -3.83. The number of nitrogens with one attached hydrogen (secondary N) is 1. The van der Waals surface area contributed by atoms with Gasteiger partial charge in [0.1, 0.15) is 31.6 Å². The molecular weight excluding hydrogens is 585 g/mol. The molecule has 12 heteroatoms. The Morgan fingerprint density at radius 3 is 2.31 bits per heavy atom. The average molecular weight is 618 g/mol. The quantitative estimate of drug-likeness (QED) is 0.336. The van der Waals surface area contributed by atoms with Gasteiger partial charge >= 0.3 is 0 Å². The van der Waals surface area contributed by atoms with E-state index in [0.29, 0.717) is 29.5 Å². The fourth-order valence-corrected chi connectivity index (χ4v) is 5.92. The molecule has 0 saturated carbocycles. The number of amides is 2. The molecule has 0 saturated heterocycles. The van der Waals surface area contributed by atoms with Crippen molar-refractivity contribution in [3.8, 4) is 11.5 Å². The molecule has 4 rings (SSSR count). The van der Waals surface area contributed by atoms with Crippen LogP contribution in [0.5, 0.6) is 11.5 Å². The van der Waals surface area contributed by atoms with Crippen LogP contribution < -0.4 is 19.1 Å². The van der Waals surface area contributed by atoms with E-state index in [2.05, 4.69) is 5.32 Å². The van der Waals surface area contributed by atoms with Crippen LogP contribution in [0.25, 0.3) is 0 Å². The molecule has 3 aromatic rings. The number of benzene rings is 3. The number of halogens is 2. The largest absolute Gasteiger partial charge is 0.486 e. The van der Waals surface area contributed by atoms with E-state index < -0.39 is 40.2 Å². The molecular formula is C30H33ClFN3O6S. The van der Waals surface area contributed by atoms with Gasteiger partial charge in [-0.15, -0.1) is 0 Å². The number of sulfonamides is 1. The van der Waals surface area contributed by atoms with Crippen LogP contribution in [0.1, 0.15) is 26.3 Å². The predicted molar refractivity (Wildman–Crippen MR) is 158 cm³/mol. The number of rotatable bonds is 11. The SMILES string of the molecule is CC(C)CNC(=O)[C@@H](C)N(Cc1ccccc1Cl)C(=O)CN(c1ccc(F)cc1)S(=O)(=O)c1ccc2c(c1)OCCO2. The van der Waals surface area contributed by atoms with Gasteiger partial charge in [0.15, 0.2) is 11.5 Å². The first-order valence-corrected chi connectivity index (χ1v) is 15.3. The molecule has 1 aliphatic rings. The first-order chi connectivity index (χ1) is 20.0. The fraction of sp³-hybridized carbons (Fsp3) is 0.333. The van der Waals surface area contributed by atoms with Crippen molar-refractivity contribution in [1.29, 1.82) is 0 Å². The molecule has 0 aliphatic carbocycles. The summed E-state index contributed by atoms with van der Waals surface area (Å²) in [5.74, 6) is -0.795. The molecule has 1 aliphatic heterocycles. The van der Waals surface area contributed by atoms with Gasteiger partial charge in [0, 0.05) is 24.2 Å². The van der Waals surface area contributed by atoms with Gasteiger partial charge in [-0.05, 0) is 60.9 Å². The minimum Gasteiger partial charge on any atom is -0.486 e. The highest BCUT2D eigenvalue weighted by Crippen LogP contribution is 2.34. The van der Waals surface area contributed by atoms with E-state index in [1.165, 1.54) is 35.2 Å². The average Bonchev–Trinajstić information content (AvgIpc) is 2.98. The van der Waals surface area contributed by atoms with Crippen molar-refractivity contribution in [3.63, 3.8) is 0 Å². The molecule has 3 aromatic carbocycles. The number of hydrogen-bond acceptors (Lipinski definition) is 6. The van der Waals surface area contributed by atoms with Gasteiger partial charge in [-0.25, -0.2) is 12.8 Å². The van der Waals surface area contributed by atoms with Crippen molar-refractivity contribution in [2.24, 2.45) is 5.92 Å². The van der Waals surface area contributed by atoms with Crippen molar-refractivity contribution in [2.45, 2.75) is 38.3 Å². The lowest BCUT2D eigenvalue weighted by molar-refractivity contribution is -0.139. The van der Waals surface area contributed by atoms with E-state index in [-0.39, 0.29) is 35.4 Å². The van der Waals surface area contributed by atoms with Crippen LogP contribution in [0, 0.1) is 11.7 Å². The first-order valence-electron chi connectivity index (χ1n) is 13.5. The summed E-state index contributed by atoms with van der Waals surface area (Å²) in [5, 5.41) is 3.22. The van der Waals surface area contributed by atoms with Crippen LogP contribution in [0.4, 0.5) is 10.1 Å². The highest BCUT2D eigenvalue weighted by atomic mass is 35.5. The predicted octanol–water partition coefficient (Wildman–Crippen LogP) is 4.64. The summed E-state index contributed by atoms with van der Waals surface area (Å²) in [6.07, 6.45) is 0. The minimum atomic E-state index is -4.38. The van der Waals surface area contributed by atoms with Gasteiger partial charge in [-0.1, -0.05) is 43.6 Å². The summed E-state index contributed by atoms with van der Waals surface area (Å²) >= 11 is 6.38. The van der Waals surface area contributed by atoms with Gasteiger partial charge < -0.3 is 19.7 Å².